The Morgan fingerprint density at radius 2 is 2.31 bits per heavy atom. The molecule has 0 amide bonds. The highest BCUT2D eigenvalue weighted by Crippen LogP contribution is 2.37. The lowest BCUT2D eigenvalue weighted by molar-refractivity contribution is -0.385. The largest absolute Gasteiger partial charge is 0.486 e. The van der Waals surface area contributed by atoms with Gasteiger partial charge in [-0.25, -0.2) is 0 Å². The van der Waals surface area contributed by atoms with E-state index in [-0.39, 0.29) is 5.69 Å². The Balaban J connectivity index is 2.62. The third-order valence-electron chi connectivity index (χ3n) is 1.93. The van der Waals surface area contributed by atoms with Gasteiger partial charge in [0.1, 0.15) is 0 Å². The minimum Gasteiger partial charge on any atom is -0.486 e. The molecule has 5 heteroatoms. The van der Waals surface area contributed by atoms with Crippen LogP contribution in [-0.4, -0.2) is 11.5 Å². The molecule has 0 saturated carbocycles. The Hall–Kier alpha value is -1.10. The zero-order chi connectivity index (χ0) is 9.42. The van der Waals surface area contributed by atoms with Crippen molar-refractivity contribution in [2.45, 2.75) is 6.42 Å². The number of ether oxygens (including phenoxy) is 1. The van der Waals surface area contributed by atoms with Crippen LogP contribution in [0.2, 0.25) is 0 Å². The van der Waals surface area contributed by atoms with Crippen LogP contribution in [0.1, 0.15) is 5.56 Å². The summed E-state index contributed by atoms with van der Waals surface area (Å²) in [5.74, 6) is 0.424. The first-order valence-corrected chi connectivity index (χ1v) is 4.57. The number of hydrogen-bond donors (Lipinski definition) is 0. The maximum Gasteiger partial charge on any atom is 0.312 e. The third-order valence-corrected chi connectivity index (χ3v) is 2.38. The van der Waals surface area contributed by atoms with Gasteiger partial charge in [0.25, 0.3) is 0 Å². The van der Waals surface area contributed by atoms with Gasteiger partial charge in [-0.05, 0) is 6.07 Å². The summed E-state index contributed by atoms with van der Waals surface area (Å²) in [6, 6.07) is 3.32. The zero-order valence-corrected chi connectivity index (χ0v) is 8.20. The first-order valence-electron chi connectivity index (χ1n) is 3.78. The molecule has 0 bridgehead atoms. The van der Waals surface area contributed by atoms with E-state index in [2.05, 4.69) is 15.9 Å². The highest BCUT2D eigenvalue weighted by molar-refractivity contribution is 9.10. The standard InChI is InChI=1S/C8H6BrNO3/c9-6-3-5-1-2-13-8(5)7(4-6)10(11)12/h3-4H,1-2H2. The van der Waals surface area contributed by atoms with Crippen LogP contribution >= 0.6 is 15.9 Å². The Bertz CT molecular complexity index is 378. The summed E-state index contributed by atoms with van der Waals surface area (Å²) in [7, 11) is 0. The molecule has 0 radical (unpaired) electrons. The third kappa shape index (κ3) is 1.39. The lowest BCUT2D eigenvalue weighted by atomic mass is 10.1. The van der Waals surface area contributed by atoms with Crippen LogP contribution in [0.3, 0.4) is 0 Å². The summed E-state index contributed by atoms with van der Waals surface area (Å²) < 4.78 is 5.91. The predicted molar refractivity (Wildman–Crippen MR) is 50.0 cm³/mol. The molecule has 0 aliphatic carbocycles. The minimum atomic E-state index is -0.422. The van der Waals surface area contributed by atoms with Crippen LogP contribution in [0.15, 0.2) is 16.6 Å². The number of nitrogens with zero attached hydrogens (tertiary/aromatic N) is 1. The van der Waals surface area contributed by atoms with Gasteiger partial charge in [-0.2, -0.15) is 0 Å². The molecular weight excluding hydrogens is 238 g/mol. The summed E-state index contributed by atoms with van der Waals surface area (Å²) >= 11 is 3.22. The Labute approximate surface area is 82.8 Å². The smallest absolute Gasteiger partial charge is 0.312 e. The van der Waals surface area contributed by atoms with Crippen LogP contribution < -0.4 is 4.74 Å². The molecule has 0 saturated heterocycles. The number of rotatable bonds is 1. The second-order valence-corrected chi connectivity index (χ2v) is 3.68. The van der Waals surface area contributed by atoms with Gasteiger partial charge in [0.2, 0.25) is 5.75 Å². The van der Waals surface area contributed by atoms with E-state index in [0.717, 1.165) is 16.5 Å². The second kappa shape index (κ2) is 2.99. The van der Waals surface area contributed by atoms with E-state index in [1.807, 2.05) is 6.07 Å². The average Bonchev–Trinajstić information content (AvgIpc) is 2.49. The van der Waals surface area contributed by atoms with Crippen molar-refractivity contribution in [3.05, 3.63) is 32.3 Å². The molecule has 0 fully saturated rings. The van der Waals surface area contributed by atoms with Gasteiger partial charge in [-0.15, -0.1) is 0 Å². The van der Waals surface area contributed by atoms with Crippen molar-refractivity contribution in [3.63, 3.8) is 0 Å². The summed E-state index contributed by atoms with van der Waals surface area (Å²) in [5.41, 5.74) is 0.947. The summed E-state index contributed by atoms with van der Waals surface area (Å²) in [6.07, 6.45) is 0.746. The molecule has 68 valence electrons. The Kier molecular flexibility index (Phi) is 1.95. The molecule has 1 aromatic rings. The fraction of sp³-hybridized carbons (Fsp3) is 0.250. The molecule has 0 N–H and O–H groups in total. The maximum absolute atomic E-state index is 10.6. The van der Waals surface area contributed by atoms with E-state index in [4.69, 9.17) is 4.74 Å². The van der Waals surface area contributed by atoms with Gasteiger partial charge in [-0.1, -0.05) is 15.9 Å². The van der Waals surface area contributed by atoms with Crippen LogP contribution in [0.5, 0.6) is 5.75 Å². The zero-order valence-electron chi connectivity index (χ0n) is 6.62. The quantitative estimate of drug-likeness (QED) is 0.562. The SMILES string of the molecule is O=[N+]([O-])c1cc(Br)cc2c1OCC2. The maximum atomic E-state index is 10.6. The normalized spacial score (nSPS) is 13.6. The van der Waals surface area contributed by atoms with Crippen molar-refractivity contribution in [3.8, 4) is 5.75 Å². The number of benzene rings is 1. The molecule has 0 atom stereocenters. The first-order chi connectivity index (χ1) is 6.18. The van der Waals surface area contributed by atoms with Crippen molar-refractivity contribution in [1.82, 2.24) is 0 Å². The molecule has 4 nitrogen and oxygen atoms in total. The van der Waals surface area contributed by atoms with Crippen LogP contribution in [0, 0.1) is 10.1 Å². The number of hydrogen-bond acceptors (Lipinski definition) is 3. The highest BCUT2D eigenvalue weighted by atomic mass is 79.9. The van der Waals surface area contributed by atoms with E-state index < -0.39 is 4.92 Å². The van der Waals surface area contributed by atoms with Crippen molar-refractivity contribution in [1.29, 1.82) is 0 Å². The summed E-state index contributed by atoms with van der Waals surface area (Å²) in [5, 5.41) is 10.6. The van der Waals surface area contributed by atoms with Gasteiger partial charge in [0.15, 0.2) is 0 Å². The van der Waals surface area contributed by atoms with E-state index in [0.29, 0.717) is 12.4 Å². The van der Waals surface area contributed by atoms with Crippen molar-refractivity contribution in [2.24, 2.45) is 0 Å². The predicted octanol–water partition coefficient (Wildman–Crippen LogP) is 2.29. The van der Waals surface area contributed by atoms with Crippen LogP contribution in [-0.2, 0) is 6.42 Å². The molecule has 2 rings (SSSR count). The van der Waals surface area contributed by atoms with Crippen molar-refractivity contribution in [2.75, 3.05) is 6.61 Å². The van der Waals surface area contributed by atoms with Gasteiger partial charge in [0, 0.05) is 22.5 Å². The van der Waals surface area contributed by atoms with Crippen LogP contribution in [0.4, 0.5) is 5.69 Å². The molecule has 1 aliphatic rings. The topological polar surface area (TPSA) is 52.4 Å². The highest BCUT2D eigenvalue weighted by Gasteiger charge is 2.24. The van der Waals surface area contributed by atoms with Gasteiger partial charge >= 0.3 is 5.69 Å². The lowest BCUT2D eigenvalue weighted by Gasteiger charge is -2.00. The molecular formula is C8H6BrNO3. The fourth-order valence-corrected chi connectivity index (χ4v) is 1.88. The monoisotopic (exact) mass is 243 g/mol. The van der Waals surface area contributed by atoms with Gasteiger partial charge in [0.05, 0.1) is 11.5 Å². The molecule has 1 heterocycles. The number of fused-ring (bicyclic) bond motifs is 1. The van der Waals surface area contributed by atoms with Crippen molar-refractivity contribution >= 4 is 21.6 Å². The van der Waals surface area contributed by atoms with E-state index in [9.17, 15) is 10.1 Å². The first kappa shape index (κ1) is 8.50. The molecule has 13 heavy (non-hydrogen) atoms. The molecule has 1 aliphatic heterocycles. The number of halogens is 1. The van der Waals surface area contributed by atoms with E-state index in [1.54, 1.807) is 0 Å². The van der Waals surface area contributed by atoms with Crippen molar-refractivity contribution < 1.29 is 9.66 Å². The second-order valence-electron chi connectivity index (χ2n) is 2.77. The molecule has 0 aromatic heterocycles. The summed E-state index contributed by atoms with van der Waals surface area (Å²) in [6.45, 7) is 0.534. The van der Waals surface area contributed by atoms with E-state index >= 15 is 0 Å². The average molecular weight is 244 g/mol. The van der Waals surface area contributed by atoms with Gasteiger partial charge < -0.3 is 4.74 Å². The Morgan fingerprint density at radius 1 is 1.54 bits per heavy atom. The minimum absolute atomic E-state index is 0.0434. The van der Waals surface area contributed by atoms with E-state index in [1.165, 1.54) is 6.07 Å². The number of nitro groups is 1. The lowest BCUT2D eigenvalue weighted by Crippen LogP contribution is -1.93. The van der Waals surface area contributed by atoms with Crippen LogP contribution in [0.25, 0.3) is 0 Å². The fourth-order valence-electron chi connectivity index (χ4n) is 1.39. The number of nitro benzene ring substituents is 1. The molecule has 0 unspecified atom stereocenters. The Morgan fingerprint density at radius 3 is 3.00 bits per heavy atom. The molecule has 1 aromatic carbocycles. The molecule has 0 spiro atoms. The summed E-state index contributed by atoms with van der Waals surface area (Å²) in [4.78, 5) is 10.2. The van der Waals surface area contributed by atoms with Gasteiger partial charge in [-0.3, -0.25) is 10.1 Å².